The Kier molecular flexibility index (Phi) is 5.11. The van der Waals surface area contributed by atoms with Crippen molar-refractivity contribution in [2.45, 2.75) is 11.3 Å². The van der Waals surface area contributed by atoms with E-state index in [0.717, 1.165) is 19.5 Å². The molecule has 2 heterocycles. The maximum absolute atomic E-state index is 12.6. The largest absolute Gasteiger partial charge is 0.366 e. The highest BCUT2D eigenvalue weighted by molar-refractivity contribution is 7.89. The molecule has 2 aliphatic rings. The SMILES string of the molecule is Cl.NC(=O)c1ccc(S(=O)(=O)N2CCC3CNCC3C2)cc1. The minimum atomic E-state index is -3.49. The number of piperidine rings is 1. The van der Waals surface area contributed by atoms with Gasteiger partial charge in [0, 0.05) is 18.7 Å². The van der Waals surface area contributed by atoms with Crippen LogP contribution in [0.2, 0.25) is 0 Å². The Hall–Kier alpha value is -1.15. The van der Waals surface area contributed by atoms with Gasteiger partial charge in [0.1, 0.15) is 0 Å². The number of sulfonamides is 1. The number of benzene rings is 1. The maximum Gasteiger partial charge on any atom is 0.248 e. The minimum absolute atomic E-state index is 0. The summed E-state index contributed by atoms with van der Waals surface area (Å²) in [6.45, 7) is 3.00. The zero-order chi connectivity index (χ0) is 15.0. The maximum atomic E-state index is 12.6. The Morgan fingerprint density at radius 2 is 1.82 bits per heavy atom. The van der Waals surface area contributed by atoms with Crippen LogP contribution in [0.4, 0.5) is 0 Å². The van der Waals surface area contributed by atoms with Gasteiger partial charge >= 0.3 is 0 Å². The second kappa shape index (κ2) is 6.54. The summed E-state index contributed by atoms with van der Waals surface area (Å²) >= 11 is 0. The second-order valence-corrected chi connectivity index (χ2v) is 7.66. The smallest absolute Gasteiger partial charge is 0.248 e. The van der Waals surface area contributed by atoms with Crippen molar-refractivity contribution < 1.29 is 13.2 Å². The predicted molar refractivity (Wildman–Crippen MR) is 85.4 cm³/mol. The van der Waals surface area contributed by atoms with Crippen molar-refractivity contribution in [3.8, 4) is 0 Å². The van der Waals surface area contributed by atoms with E-state index in [0.29, 0.717) is 30.5 Å². The molecule has 1 aromatic carbocycles. The highest BCUT2D eigenvalue weighted by Crippen LogP contribution is 2.30. The van der Waals surface area contributed by atoms with Gasteiger partial charge < -0.3 is 11.1 Å². The normalized spacial score (nSPS) is 25.3. The molecule has 122 valence electrons. The molecule has 2 atom stereocenters. The van der Waals surface area contributed by atoms with Crippen molar-refractivity contribution in [2.24, 2.45) is 17.6 Å². The molecule has 1 amide bonds. The average Bonchev–Trinajstić information content (AvgIpc) is 2.94. The van der Waals surface area contributed by atoms with Gasteiger partial charge in [-0.05, 0) is 55.6 Å². The molecule has 2 fully saturated rings. The molecule has 0 radical (unpaired) electrons. The molecule has 3 N–H and O–H groups in total. The Morgan fingerprint density at radius 3 is 2.45 bits per heavy atom. The fraction of sp³-hybridized carbons (Fsp3) is 0.500. The summed E-state index contributed by atoms with van der Waals surface area (Å²) < 4.78 is 26.8. The first-order valence-electron chi connectivity index (χ1n) is 7.09. The van der Waals surface area contributed by atoms with Crippen molar-refractivity contribution in [3.63, 3.8) is 0 Å². The first-order valence-corrected chi connectivity index (χ1v) is 8.53. The van der Waals surface area contributed by atoms with Gasteiger partial charge in [-0.1, -0.05) is 0 Å². The zero-order valence-electron chi connectivity index (χ0n) is 12.1. The van der Waals surface area contributed by atoms with E-state index in [1.54, 1.807) is 4.31 Å². The van der Waals surface area contributed by atoms with E-state index < -0.39 is 15.9 Å². The fourth-order valence-electron chi connectivity index (χ4n) is 3.16. The zero-order valence-corrected chi connectivity index (χ0v) is 13.7. The molecule has 0 aliphatic carbocycles. The van der Waals surface area contributed by atoms with Gasteiger partial charge in [-0.3, -0.25) is 4.79 Å². The summed E-state index contributed by atoms with van der Waals surface area (Å²) in [5, 5.41) is 3.32. The third-order valence-electron chi connectivity index (χ3n) is 4.44. The molecule has 2 aliphatic heterocycles. The Bertz CT molecular complexity index is 648. The molecule has 3 rings (SSSR count). The van der Waals surface area contributed by atoms with Gasteiger partial charge in [-0.2, -0.15) is 4.31 Å². The number of rotatable bonds is 3. The van der Waals surface area contributed by atoms with Crippen LogP contribution in [-0.4, -0.2) is 44.8 Å². The van der Waals surface area contributed by atoms with Crippen molar-refractivity contribution >= 4 is 28.3 Å². The average molecular weight is 346 g/mol. The first-order chi connectivity index (χ1) is 9.98. The molecule has 2 unspecified atom stereocenters. The Balaban J connectivity index is 0.00000176. The molecule has 0 spiro atoms. The minimum Gasteiger partial charge on any atom is -0.366 e. The standard InChI is InChI=1S/C14H19N3O3S.ClH/c15-14(18)10-1-3-13(4-2-10)21(19,20)17-6-5-11-7-16-8-12(11)9-17;/h1-4,11-12,16H,5-9H2,(H2,15,18);1H. The first kappa shape index (κ1) is 17.2. The van der Waals surface area contributed by atoms with Crippen LogP contribution in [0, 0.1) is 11.8 Å². The Morgan fingerprint density at radius 1 is 1.18 bits per heavy atom. The molecular formula is C14H20ClN3O3S. The van der Waals surface area contributed by atoms with Crippen LogP contribution in [0.1, 0.15) is 16.8 Å². The summed E-state index contributed by atoms with van der Waals surface area (Å²) in [5.41, 5.74) is 5.48. The number of hydrogen-bond donors (Lipinski definition) is 2. The van der Waals surface area contributed by atoms with Crippen LogP contribution in [0.3, 0.4) is 0 Å². The lowest BCUT2D eigenvalue weighted by molar-refractivity contribution is 0.1000. The van der Waals surface area contributed by atoms with E-state index in [2.05, 4.69) is 5.32 Å². The molecule has 0 aromatic heterocycles. The summed E-state index contributed by atoms with van der Waals surface area (Å²) in [5.74, 6) is 0.434. The van der Waals surface area contributed by atoms with Crippen molar-refractivity contribution in [3.05, 3.63) is 29.8 Å². The number of nitrogens with two attached hydrogens (primary N) is 1. The van der Waals surface area contributed by atoms with Crippen molar-refractivity contribution in [1.29, 1.82) is 0 Å². The monoisotopic (exact) mass is 345 g/mol. The second-order valence-electron chi connectivity index (χ2n) is 5.72. The number of carbonyl (C=O) groups is 1. The third-order valence-corrected chi connectivity index (χ3v) is 6.32. The molecule has 22 heavy (non-hydrogen) atoms. The number of carbonyl (C=O) groups excluding carboxylic acids is 1. The number of halogens is 1. The van der Waals surface area contributed by atoms with E-state index in [1.165, 1.54) is 24.3 Å². The molecular weight excluding hydrogens is 326 g/mol. The van der Waals surface area contributed by atoms with Gasteiger partial charge in [-0.25, -0.2) is 8.42 Å². The summed E-state index contributed by atoms with van der Waals surface area (Å²) in [7, 11) is -3.49. The highest BCUT2D eigenvalue weighted by atomic mass is 35.5. The lowest BCUT2D eigenvalue weighted by Crippen LogP contribution is -2.43. The number of fused-ring (bicyclic) bond motifs is 1. The summed E-state index contributed by atoms with van der Waals surface area (Å²) in [6.07, 6.45) is 0.899. The van der Waals surface area contributed by atoms with Gasteiger partial charge in [-0.15, -0.1) is 12.4 Å². The van der Waals surface area contributed by atoms with Crippen LogP contribution in [0.15, 0.2) is 29.2 Å². The van der Waals surface area contributed by atoms with E-state index in [9.17, 15) is 13.2 Å². The van der Waals surface area contributed by atoms with Gasteiger partial charge in [0.15, 0.2) is 0 Å². The predicted octanol–water partition coefficient (Wildman–Crippen LogP) is 0.437. The Labute approximate surface area is 136 Å². The molecule has 0 saturated carbocycles. The molecule has 1 aromatic rings. The van der Waals surface area contributed by atoms with Gasteiger partial charge in [0.25, 0.3) is 0 Å². The number of amides is 1. The summed E-state index contributed by atoms with van der Waals surface area (Å²) in [6, 6.07) is 5.82. The molecule has 8 heteroatoms. The van der Waals surface area contributed by atoms with Gasteiger partial charge in [0.2, 0.25) is 15.9 Å². The third kappa shape index (κ3) is 3.12. The highest BCUT2D eigenvalue weighted by Gasteiger charge is 2.37. The number of hydrogen-bond acceptors (Lipinski definition) is 4. The van der Waals surface area contributed by atoms with E-state index in [-0.39, 0.29) is 17.3 Å². The molecule has 2 saturated heterocycles. The van der Waals surface area contributed by atoms with Crippen LogP contribution in [0.5, 0.6) is 0 Å². The van der Waals surface area contributed by atoms with E-state index >= 15 is 0 Å². The van der Waals surface area contributed by atoms with Crippen LogP contribution in [-0.2, 0) is 10.0 Å². The molecule has 0 bridgehead atoms. The van der Waals surface area contributed by atoms with Crippen LogP contribution in [0.25, 0.3) is 0 Å². The topological polar surface area (TPSA) is 92.5 Å². The van der Waals surface area contributed by atoms with E-state index in [4.69, 9.17) is 5.73 Å². The fourth-order valence-corrected chi connectivity index (χ4v) is 4.67. The number of nitrogens with one attached hydrogen (secondary N) is 1. The number of nitrogens with zero attached hydrogens (tertiary/aromatic N) is 1. The number of primary amides is 1. The lowest BCUT2D eigenvalue weighted by atomic mass is 9.90. The quantitative estimate of drug-likeness (QED) is 0.831. The molecule has 6 nitrogen and oxygen atoms in total. The lowest BCUT2D eigenvalue weighted by Gasteiger charge is -2.33. The van der Waals surface area contributed by atoms with Crippen molar-refractivity contribution in [1.82, 2.24) is 9.62 Å². The van der Waals surface area contributed by atoms with E-state index in [1.807, 2.05) is 0 Å². The van der Waals surface area contributed by atoms with Gasteiger partial charge in [0.05, 0.1) is 4.90 Å². The van der Waals surface area contributed by atoms with Crippen molar-refractivity contribution in [2.75, 3.05) is 26.2 Å². The van der Waals surface area contributed by atoms with Crippen LogP contribution < -0.4 is 11.1 Å². The summed E-state index contributed by atoms with van der Waals surface area (Å²) in [4.78, 5) is 11.3. The van der Waals surface area contributed by atoms with Crippen LogP contribution >= 0.6 is 12.4 Å².